The lowest BCUT2D eigenvalue weighted by molar-refractivity contribution is -0.185. The maximum Gasteiger partial charge on any atom is 0.324 e. The van der Waals surface area contributed by atoms with Crippen LogP contribution in [0.3, 0.4) is 0 Å². The average Bonchev–Trinajstić information content (AvgIpc) is 2.60. The smallest absolute Gasteiger partial charge is 0.324 e. The van der Waals surface area contributed by atoms with Crippen LogP contribution in [0.1, 0.15) is 52.7 Å². The summed E-state index contributed by atoms with van der Waals surface area (Å²) in [6.45, 7) is 10.7. The van der Waals surface area contributed by atoms with E-state index in [1.165, 1.54) is 0 Å². The molecule has 0 amide bonds. The second-order valence-corrected chi connectivity index (χ2v) is 9.15. The van der Waals surface area contributed by atoms with Crippen LogP contribution in [0.2, 0.25) is 0 Å². The van der Waals surface area contributed by atoms with E-state index in [0.29, 0.717) is 0 Å². The highest BCUT2D eigenvalue weighted by atomic mass is 16.6. The van der Waals surface area contributed by atoms with Crippen LogP contribution >= 0.6 is 0 Å². The lowest BCUT2D eigenvalue weighted by atomic mass is 9.76. The van der Waals surface area contributed by atoms with Gasteiger partial charge < -0.3 is 9.47 Å². The van der Waals surface area contributed by atoms with Crippen LogP contribution in [0.25, 0.3) is 0 Å². The number of ether oxygens (including phenoxy) is 2. The first-order valence-corrected chi connectivity index (χ1v) is 9.66. The molecule has 0 aliphatic heterocycles. The van der Waals surface area contributed by atoms with Crippen molar-refractivity contribution in [3.8, 4) is 0 Å². The summed E-state index contributed by atoms with van der Waals surface area (Å²) in [6, 6.07) is 7.15. The SMILES string of the molecule is CC(C)(C)OC(=O)C(Cc1ccncc1)(Cc1ccncc1)C(=O)OC(C)(C)C. The van der Waals surface area contributed by atoms with Gasteiger partial charge in [0, 0.05) is 24.8 Å². The van der Waals surface area contributed by atoms with Gasteiger partial charge in [-0.05, 0) is 89.8 Å². The van der Waals surface area contributed by atoms with Crippen molar-refractivity contribution in [3.63, 3.8) is 0 Å². The molecule has 0 N–H and O–H groups in total. The van der Waals surface area contributed by atoms with Gasteiger partial charge in [-0.15, -0.1) is 0 Å². The fraction of sp³-hybridized carbons (Fsp3) is 0.478. The summed E-state index contributed by atoms with van der Waals surface area (Å²) in [7, 11) is 0. The molecule has 0 aliphatic rings. The zero-order valence-corrected chi connectivity index (χ0v) is 18.1. The number of esters is 2. The van der Waals surface area contributed by atoms with Crippen molar-refractivity contribution in [2.24, 2.45) is 5.41 Å². The Bertz CT molecular complexity index is 750. The number of carbonyl (C=O) groups excluding carboxylic acids is 2. The second kappa shape index (κ2) is 8.72. The molecule has 6 heteroatoms. The van der Waals surface area contributed by atoms with E-state index in [-0.39, 0.29) is 12.8 Å². The van der Waals surface area contributed by atoms with Gasteiger partial charge in [0.05, 0.1) is 0 Å². The second-order valence-electron chi connectivity index (χ2n) is 9.15. The van der Waals surface area contributed by atoms with E-state index < -0.39 is 28.6 Å². The van der Waals surface area contributed by atoms with Crippen molar-refractivity contribution in [1.82, 2.24) is 9.97 Å². The number of carbonyl (C=O) groups is 2. The molecule has 0 saturated heterocycles. The Balaban J connectivity index is 2.57. The van der Waals surface area contributed by atoms with Crippen molar-refractivity contribution in [1.29, 1.82) is 0 Å². The third-order valence-corrected chi connectivity index (χ3v) is 4.09. The molecule has 2 aromatic rings. The molecular formula is C23H30N2O4. The average molecular weight is 399 g/mol. The third kappa shape index (κ3) is 6.66. The molecule has 6 nitrogen and oxygen atoms in total. The van der Waals surface area contributed by atoms with Gasteiger partial charge in [0.25, 0.3) is 0 Å². The van der Waals surface area contributed by atoms with Crippen molar-refractivity contribution >= 4 is 11.9 Å². The lowest BCUT2D eigenvalue weighted by Gasteiger charge is -2.35. The summed E-state index contributed by atoms with van der Waals surface area (Å²) >= 11 is 0. The molecular weight excluding hydrogens is 368 g/mol. The standard InChI is InChI=1S/C23H30N2O4/c1-21(2,3)28-19(26)23(20(27)29-22(4,5)6,15-17-7-11-24-12-8-17)16-18-9-13-25-14-10-18/h7-14H,15-16H2,1-6H3. The highest BCUT2D eigenvalue weighted by Gasteiger charge is 2.51. The van der Waals surface area contributed by atoms with Crippen molar-refractivity contribution in [2.75, 3.05) is 0 Å². The van der Waals surface area contributed by atoms with Crippen molar-refractivity contribution < 1.29 is 19.1 Å². The third-order valence-electron chi connectivity index (χ3n) is 4.09. The quantitative estimate of drug-likeness (QED) is 0.542. The number of hydrogen-bond acceptors (Lipinski definition) is 6. The van der Waals surface area contributed by atoms with Crippen LogP contribution in [0.4, 0.5) is 0 Å². The van der Waals surface area contributed by atoms with Crippen LogP contribution in [-0.2, 0) is 31.9 Å². The lowest BCUT2D eigenvalue weighted by Crippen LogP contribution is -2.49. The maximum absolute atomic E-state index is 13.5. The molecule has 156 valence electrons. The number of pyridine rings is 2. The fourth-order valence-corrected chi connectivity index (χ4v) is 2.88. The Hall–Kier alpha value is -2.76. The molecule has 0 aliphatic carbocycles. The Morgan fingerprint density at radius 2 is 1.00 bits per heavy atom. The molecule has 2 rings (SSSR count). The van der Waals surface area contributed by atoms with Crippen LogP contribution < -0.4 is 0 Å². The largest absolute Gasteiger partial charge is 0.459 e. The van der Waals surface area contributed by atoms with Gasteiger partial charge in [-0.1, -0.05) is 0 Å². The summed E-state index contributed by atoms with van der Waals surface area (Å²) in [4.78, 5) is 35.0. The van der Waals surface area contributed by atoms with E-state index in [2.05, 4.69) is 9.97 Å². The number of aromatic nitrogens is 2. The summed E-state index contributed by atoms with van der Waals surface area (Å²) in [5.74, 6) is -1.21. The monoisotopic (exact) mass is 398 g/mol. The number of hydrogen-bond donors (Lipinski definition) is 0. The molecule has 0 aromatic carbocycles. The zero-order valence-electron chi connectivity index (χ0n) is 18.1. The predicted octanol–water partition coefficient (Wildman–Crippen LogP) is 3.93. The summed E-state index contributed by atoms with van der Waals surface area (Å²) in [5, 5.41) is 0. The maximum atomic E-state index is 13.5. The topological polar surface area (TPSA) is 78.4 Å². The molecule has 2 heterocycles. The van der Waals surface area contributed by atoms with Gasteiger partial charge in [0.15, 0.2) is 5.41 Å². The Kier molecular flexibility index (Phi) is 6.77. The minimum Gasteiger partial charge on any atom is -0.459 e. The van der Waals surface area contributed by atoms with E-state index in [4.69, 9.17) is 9.47 Å². The molecule has 0 spiro atoms. The molecule has 0 radical (unpaired) electrons. The molecule has 0 unspecified atom stereocenters. The van der Waals surface area contributed by atoms with E-state index in [1.54, 1.807) is 90.6 Å². The first-order chi connectivity index (χ1) is 13.4. The highest BCUT2D eigenvalue weighted by molar-refractivity contribution is 6.01. The Morgan fingerprint density at radius 3 is 1.28 bits per heavy atom. The molecule has 2 aromatic heterocycles. The van der Waals surface area contributed by atoms with Gasteiger partial charge in [0.1, 0.15) is 11.2 Å². The van der Waals surface area contributed by atoms with E-state index >= 15 is 0 Å². The normalized spacial score (nSPS) is 12.3. The molecule has 0 saturated carbocycles. The van der Waals surface area contributed by atoms with Crippen molar-refractivity contribution in [3.05, 3.63) is 60.2 Å². The summed E-state index contributed by atoms with van der Waals surface area (Å²) in [5.41, 5.74) is -1.44. The van der Waals surface area contributed by atoms with Gasteiger partial charge >= 0.3 is 11.9 Å². The van der Waals surface area contributed by atoms with Crippen LogP contribution in [0.5, 0.6) is 0 Å². The van der Waals surface area contributed by atoms with Gasteiger partial charge in [-0.3, -0.25) is 19.6 Å². The Labute approximate surface area is 172 Å². The van der Waals surface area contributed by atoms with Crippen LogP contribution in [0.15, 0.2) is 49.1 Å². The van der Waals surface area contributed by atoms with Crippen molar-refractivity contribution in [2.45, 2.75) is 65.6 Å². The molecule has 0 atom stereocenters. The minimum absolute atomic E-state index is 0.141. The molecule has 0 fully saturated rings. The summed E-state index contributed by atoms with van der Waals surface area (Å²) in [6.07, 6.45) is 6.82. The van der Waals surface area contributed by atoms with Gasteiger partial charge in [-0.2, -0.15) is 0 Å². The highest BCUT2D eigenvalue weighted by Crippen LogP contribution is 2.34. The number of nitrogens with zero attached hydrogens (tertiary/aromatic N) is 2. The van der Waals surface area contributed by atoms with Crippen LogP contribution in [0, 0.1) is 5.41 Å². The molecule has 29 heavy (non-hydrogen) atoms. The zero-order chi connectivity index (χ0) is 21.7. The Morgan fingerprint density at radius 1 is 0.690 bits per heavy atom. The van der Waals surface area contributed by atoms with E-state index in [9.17, 15) is 9.59 Å². The van der Waals surface area contributed by atoms with Crippen LogP contribution in [-0.4, -0.2) is 33.1 Å². The fourth-order valence-electron chi connectivity index (χ4n) is 2.88. The van der Waals surface area contributed by atoms with E-state index in [1.807, 2.05) is 0 Å². The minimum atomic E-state index is -1.54. The van der Waals surface area contributed by atoms with Gasteiger partial charge in [0.2, 0.25) is 0 Å². The number of rotatable bonds is 6. The van der Waals surface area contributed by atoms with E-state index in [0.717, 1.165) is 11.1 Å². The van der Waals surface area contributed by atoms with Gasteiger partial charge in [-0.25, -0.2) is 0 Å². The first kappa shape index (κ1) is 22.5. The first-order valence-electron chi connectivity index (χ1n) is 9.66. The predicted molar refractivity (Wildman–Crippen MR) is 110 cm³/mol. The molecule has 0 bridgehead atoms. The summed E-state index contributed by atoms with van der Waals surface area (Å²) < 4.78 is 11.4.